The molecule has 0 bridgehead atoms. The van der Waals surface area contributed by atoms with Crippen molar-refractivity contribution in [3.05, 3.63) is 122 Å². The maximum absolute atomic E-state index is 12.9. The third-order valence-corrected chi connectivity index (χ3v) is 9.73. The van der Waals surface area contributed by atoms with E-state index in [1.165, 1.54) is 32.9 Å². The van der Waals surface area contributed by atoms with Crippen LogP contribution in [0.5, 0.6) is 0 Å². The highest BCUT2D eigenvalue weighted by Crippen LogP contribution is 2.54. The number of carbonyl (C=O) groups is 2. The van der Waals surface area contributed by atoms with E-state index in [0.29, 0.717) is 11.1 Å². The molecule has 0 aliphatic heterocycles. The fraction of sp³-hybridized carbons (Fsp3) is 0.147. The lowest BCUT2D eigenvalue weighted by Gasteiger charge is -2.28. The zero-order valence-corrected chi connectivity index (χ0v) is 24.2. The normalized spacial score (nSPS) is 14.8. The molecule has 0 radical (unpaired) electrons. The molecule has 2 aromatic carbocycles. The van der Waals surface area contributed by atoms with Gasteiger partial charge in [-0.25, -0.2) is 0 Å². The van der Waals surface area contributed by atoms with Crippen molar-refractivity contribution in [3.63, 3.8) is 0 Å². The summed E-state index contributed by atoms with van der Waals surface area (Å²) in [6, 6.07) is 23.5. The van der Waals surface area contributed by atoms with E-state index in [1.807, 2.05) is 19.9 Å². The molecule has 2 aliphatic rings. The lowest BCUT2D eigenvalue weighted by atomic mass is 9.82. The second kappa shape index (κ2) is 8.95. The van der Waals surface area contributed by atoms with E-state index in [-0.39, 0.29) is 22.6 Å². The van der Waals surface area contributed by atoms with Gasteiger partial charge in [0.25, 0.3) is 0 Å². The molecule has 0 saturated carbocycles. The number of carbonyl (C=O) groups excluding carboxylic acids is 2. The van der Waals surface area contributed by atoms with Crippen molar-refractivity contribution in [1.82, 2.24) is 4.98 Å². The van der Waals surface area contributed by atoms with Crippen molar-refractivity contribution in [1.29, 1.82) is 0 Å². The van der Waals surface area contributed by atoms with E-state index >= 15 is 0 Å². The molecule has 4 nitrogen and oxygen atoms in total. The van der Waals surface area contributed by atoms with Gasteiger partial charge in [0.05, 0.1) is 5.57 Å². The SMILES string of the molecule is Cc1cc(N(c2ccccc2)c2ccc3c(c2)C(C)(C)c2cc(C=C4C(=O)c5cscc5C4=O)sc2-3)cc(C)n1. The van der Waals surface area contributed by atoms with E-state index in [4.69, 9.17) is 0 Å². The highest BCUT2D eigenvalue weighted by molar-refractivity contribution is 7.16. The molecule has 0 atom stereocenters. The lowest BCUT2D eigenvalue weighted by Crippen LogP contribution is -2.16. The highest BCUT2D eigenvalue weighted by Gasteiger charge is 2.39. The summed E-state index contributed by atoms with van der Waals surface area (Å²) < 4.78 is 0. The predicted molar refractivity (Wildman–Crippen MR) is 165 cm³/mol. The topological polar surface area (TPSA) is 50.3 Å². The van der Waals surface area contributed by atoms with Crippen molar-refractivity contribution in [2.75, 3.05) is 4.90 Å². The van der Waals surface area contributed by atoms with Crippen LogP contribution in [-0.2, 0) is 5.41 Å². The predicted octanol–water partition coefficient (Wildman–Crippen LogP) is 9.06. The van der Waals surface area contributed by atoms with Crippen LogP contribution in [-0.4, -0.2) is 16.6 Å². The number of anilines is 3. The number of hydrogen-bond donors (Lipinski definition) is 0. The largest absolute Gasteiger partial charge is 0.310 e. The number of hydrogen-bond acceptors (Lipinski definition) is 6. The van der Waals surface area contributed by atoms with Gasteiger partial charge in [0.1, 0.15) is 0 Å². The molecular formula is C34H26N2O2S2. The minimum Gasteiger partial charge on any atom is -0.310 e. The van der Waals surface area contributed by atoms with E-state index in [9.17, 15) is 9.59 Å². The Kier molecular flexibility index (Phi) is 5.56. The first-order valence-corrected chi connectivity index (χ1v) is 15.0. The maximum atomic E-state index is 12.9. The van der Waals surface area contributed by atoms with Gasteiger partial charge in [-0.05, 0) is 79.1 Å². The van der Waals surface area contributed by atoms with Gasteiger partial charge < -0.3 is 4.90 Å². The number of pyridine rings is 1. The number of para-hydroxylation sites is 1. The Morgan fingerprint density at radius 3 is 2.10 bits per heavy atom. The number of ketones is 2. The number of nitrogens with zero attached hydrogens (tertiary/aromatic N) is 2. The number of fused-ring (bicyclic) bond motifs is 4. The van der Waals surface area contributed by atoms with Crippen molar-refractivity contribution in [2.24, 2.45) is 0 Å². The Labute approximate surface area is 241 Å². The first-order valence-electron chi connectivity index (χ1n) is 13.2. The smallest absolute Gasteiger partial charge is 0.198 e. The quantitative estimate of drug-likeness (QED) is 0.163. The molecule has 3 aromatic heterocycles. The lowest BCUT2D eigenvalue weighted by molar-refractivity contribution is 0.0990. The average molecular weight is 559 g/mol. The molecule has 196 valence electrons. The molecule has 0 unspecified atom stereocenters. The van der Waals surface area contributed by atoms with Gasteiger partial charge in [-0.3, -0.25) is 14.6 Å². The second-order valence-electron chi connectivity index (χ2n) is 10.9. The molecule has 7 rings (SSSR count). The Morgan fingerprint density at radius 2 is 1.43 bits per heavy atom. The number of allylic oxidation sites excluding steroid dienone is 1. The molecule has 3 heterocycles. The van der Waals surface area contributed by atoms with Crippen molar-refractivity contribution in [2.45, 2.75) is 33.1 Å². The summed E-state index contributed by atoms with van der Waals surface area (Å²) in [5.74, 6) is -0.330. The van der Waals surface area contributed by atoms with Crippen LogP contribution in [0.25, 0.3) is 16.5 Å². The van der Waals surface area contributed by atoms with E-state index in [2.05, 4.69) is 84.4 Å². The fourth-order valence-corrected chi connectivity index (χ4v) is 8.07. The van der Waals surface area contributed by atoms with Crippen LogP contribution in [0.4, 0.5) is 17.1 Å². The maximum Gasteiger partial charge on any atom is 0.198 e. The summed E-state index contributed by atoms with van der Waals surface area (Å²) in [7, 11) is 0. The Bertz CT molecular complexity index is 1840. The minimum atomic E-state index is -0.234. The molecule has 0 amide bonds. The zero-order valence-electron chi connectivity index (χ0n) is 22.6. The van der Waals surface area contributed by atoms with Crippen LogP contribution >= 0.6 is 22.7 Å². The van der Waals surface area contributed by atoms with Gasteiger partial charge in [-0.15, -0.1) is 11.3 Å². The Balaban J connectivity index is 1.31. The van der Waals surface area contributed by atoms with E-state index in [1.54, 1.807) is 28.2 Å². The Hall–Kier alpha value is -4.13. The third-order valence-electron chi connectivity index (χ3n) is 7.87. The van der Waals surface area contributed by atoms with Crippen LogP contribution in [0.3, 0.4) is 0 Å². The first kappa shape index (κ1) is 24.9. The van der Waals surface area contributed by atoms with Crippen molar-refractivity contribution >= 4 is 57.4 Å². The molecule has 0 fully saturated rings. The van der Waals surface area contributed by atoms with Crippen molar-refractivity contribution < 1.29 is 9.59 Å². The van der Waals surface area contributed by atoms with Gasteiger partial charge >= 0.3 is 0 Å². The molecule has 6 heteroatoms. The monoisotopic (exact) mass is 558 g/mol. The standard InChI is InChI=1S/C34H26N2O2S2/c1-19-12-23(13-20(2)35-19)36(21-8-6-5-7-9-21)22-10-11-25-29(14-22)34(3,4)30-16-24(40-33(25)30)15-26-31(37)27-17-39-18-28(27)32(26)38/h5-18H,1-4H3. The average Bonchev–Trinajstić information content (AvgIpc) is 3.67. The molecule has 0 N–H and O–H groups in total. The number of aromatic nitrogens is 1. The highest BCUT2D eigenvalue weighted by atomic mass is 32.1. The van der Waals surface area contributed by atoms with Gasteiger partial charge in [0.15, 0.2) is 11.6 Å². The number of aryl methyl sites for hydroxylation is 2. The molecular weight excluding hydrogens is 533 g/mol. The summed E-state index contributed by atoms with van der Waals surface area (Å²) in [4.78, 5) is 34.8. The fourth-order valence-electron chi connectivity index (χ4n) is 5.96. The Morgan fingerprint density at radius 1 is 0.750 bits per heavy atom. The van der Waals surface area contributed by atoms with Crippen LogP contribution in [0.1, 0.15) is 62.0 Å². The minimum absolute atomic E-state index is 0.165. The van der Waals surface area contributed by atoms with Crippen molar-refractivity contribution in [3.8, 4) is 10.4 Å². The van der Waals surface area contributed by atoms with Gasteiger partial charge in [-0.1, -0.05) is 38.1 Å². The van der Waals surface area contributed by atoms with Crippen LogP contribution in [0, 0.1) is 13.8 Å². The number of rotatable bonds is 4. The summed E-state index contributed by atoms with van der Waals surface area (Å²) in [5.41, 5.74) is 10.0. The summed E-state index contributed by atoms with van der Waals surface area (Å²) in [5, 5.41) is 3.55. The van der Waals surface area contributed by atoms with E-state index in [0.717, 1.165) is 33.3 Å². The number of benzene rings is 2. The third kappa shape index (κ3) is 3.74. The van der Waals surface area contributed by atoms with Gasteiger partial charge in [-0.2, -0.15) is 11.3 Å². The first-order chi connectivity index (χ1) is 19.2. The number of Topliss-reactive ketones (excluding diaryl/α,β-unsaturated/α-hetero) is 2. The molecule has 0 spiro atoms. The van der Waals surface area contributed by atoms with Crippen LogP contribution in [0.15, 0.2) is 83.1 Å². The molecule has 40 heavy (non-hydrogen) atoms. The molecule has 2 aliphatic carbocycles. The van der Waals surface area contributed by atoms with E-state index < -0.39 is 0 Å². The summed E-state index contributed by atoms with van der Waals surface area (Å²) in [6.07, 6.45) is 1.79. The van der Waals surface area contributed by atoms with Crippen LogP contribution < -0.4 is 4.90 Å². The second-order valence-corrected chi connectivity index (χ2v) is 12.8. The number of thiophene rings is 2. The summed E-state index contributed by atoms with van der Waals surface area (Å²) >= 11 is 3.05. The zero-order chi connectivity index (χ0) is 27.8. The van der Waals surface area contributed by atoms with Gasteiger partial charge in [0, 0.05) is 65.5 Å². The van der Waals surface area contributed by atoms with Gasteiger partial charge in [0.2, 0.25) is 0 Å². The van der Waals surface area contributed by atoms with Crippen LogP contribution in [0.2, 0.25) is 0 Å². The summed E-state index contributed by atoms with van der Waals surface area (Å²) in [6.45, 7) is 8.56. The molecule has 5 aromatic rings. The molecule has 0 saturated heterocycles.